The van der Waals surface area contributed by atoms with E-state index in [0.29, 0.717) is 24.9 Å². The second kappa shape index (κ2) is 6.15. The summed E-state index contributed by atoms with van der Waals surface area (Å²) in [5.41, 5.74) is 0.176. The molecule has 0 fully saturated rings. The Hall–Kier alpha value is -1.72. The molecule has 0 saturated carbocycles. The van der Waals surface area contributed by atoms with Gasteiger partial charge in [0.05, 0.1) is 12.1 Å². The van der Waals surface area contributed by atoms with Crippen molar-refractivity contribution in [3.63, 3.8) is 0 Å². The van der Waals surface area contributed by atoms with Crippen molar-refractivity contribution in [3.8, 4) is 11.5 Å². The maximum absolute atomic E-state index is 9.87. The fraction of sp³-hybridized carbons (Fsp3) is 0.467. The zero-order valence-electron chi connectivity index (χ0n) is 12.2. The van der Waals surface area contributed by atoms with E-state index in [1.54, 1.807) is 13.8 Å². The summed E-state index contributed by atoms with van der Waals surface area (Å²) in [5.74, 6) is 1.09. The molecule has 0 unspecified atom stereocenters. The minimum absolute atomic E-state index is 0.528. The van der Waals surface area contributed by atoms with E-state index in [-0.39, 0.29) is 0 Å². The molecule has 0 amide bonds. The van der Waals surface area contributed by atoms with Gasteiger partial charge in [0.15, 0.2) is 0 Å². The predicted octanol–water partition coefficient (Wildman–Crippen LogP) is 2.33. The Labute approximate surface area is 119 Å². The molecule has 1 N–H and O–H groups in total. The van der Waals surface area contributed by atoms with Crippen LogP contribution in [0, 0.1) is 0 Å². The maximum atomic E-state index is 9.87. The van der Waals surface area contributed by atoms with Crippen LogP contribution in [0.3, 0.4) is 0 Å². The van der Waals surface area contributed by atoms with Crippen molar-refractivity contribution in [1.82, 2.24) is 15.1 Å². The quantitative estimate of drug-likeness (QED) is 0.876. The van der Waals surface area contributed by atoms with Crippen LogP contribution in [0.1, 0.15) is 26.7 Å². The topological polar surface area (TPSA) is 62.4 Å². The first-order chi connectivity index (χ1) is 9.48. The molecule has 0 aliphatic carbocycles. The van der Waals surface area contributed by atoms with E-state index in [4.69, 9.17) is 4.42 Å². The minimum atomic E-state index is -0.738. The van der Waals surface area contributed by atoms with Gasteiger partial charge in [0.2, 0.25) is 11.8 Å². The Morgan fingerprint density at radius 2 is 1.90 bits per heavy atom. The molecule has 20 heavy (non-hydrogen) atoms. The fourth-order valence-electron chi connectivity index (χ4n) is 2.03. The molecule has 0 saturated heterocycles. The molecule has 108 valence electrons. The predicted molar refractivity (Wildman–Crippen MR) is 77.0 cm³/mol. The molecule has 5 heteroatoms. The van der Waals surface area contributed by atoms with Crippen molar-refractivity contribution in [3.05, 3.63) is 36.2 Å². The highest BCUT2D eigenvalue weighted by atomic mass is 16.4. The van der Waals surface area contributed by atoms with Crippen LogP contribution in [-0.4, -0.2) is 38.9 Å². The molecule has 0 radical (unpaired) electrons. The third-order valence-electron chi connectivity index (χ3n) is 2.90. The number of nitrogens with zero attached hydrogens (tertiary/aromatic N) is 3. The average Bonchev–Trinajstić information content (AvgIpc) is 2.86. The van der Waals surface area contributed by atoms with Gasteiger partial charge in [-0.3, -0.25) is 4.90 Å². The Morgan fingerprint density at radius 1 is 1.20 bits per heavy atom. The molecule has 5 nitrogen and oxygen atoms in total. The smallest absolute Gasteiger partial charge is 0.247 e. The van der Waals surface area contributed by atoms with E-state index in [0.717, 1.165) is 12.1 Å². The lowest BCUT2D eigenvalue weighted by molar-refractivity contribution is 0.0329. The van der Waals surface area contributed by atoms with Gasteiger partial charge in [-0.25, -0.2) is 0 Å². The summed E-state index contributed by atoms with van der Waals surface area (Å²) in [7, 11) is 0. The number of rotatable bonds is 6. The van der Waals surface area contributed by atoms with Crippen LogP contribution >= 0.6 is 0 Å². The van der Waals surface area contributed by atoms with Crippen LogP contribution in [-0.2, 0) is 6.54 Å². The molecular weight excluding hydrogens is 254 g/mol. The summed E-state index contributed by atoms with van der Waals surface area (Å²) in [4.78, 5) is 2.07. The van der Waals surface area contributed by atoms with Gasteiger partial charge in [0.25, 0.3) is 0 Å². The lowest BCUT2D eigenvalue weighted by Gasteiger charge is -2.26. The highest BCUT2D eigenvalue weighted by Gasteiger charge is 2.19. The van der Waals surface area contributed by atoms with Gasteiger partial charge < -0.3 is 9.52 Å². The van der Waals surface area contributed by atoms with Gasteiger partial charge >= 0.3 is 0 Å². The van der Waals surface area contributed by atoms with Crippen LogP contribution in [0.4, 0.5) is 0 Å². The molecule has 1 aromatic carbocycles. The van der Waals surface area contributed by atoms with Gasteiger partial charge in [-0.05, 0) is 32.5 Å². The van der Waals surface area contributed by atoms with E-state index in [2.05, 4.69) is 15.1 Å². The number of hydrogen-bond acceptors (Lipinski definition) is 5. The van der Waals surface area contributed by atoms with Crippen molar-refractivity contribution >= 4 is 0 Å². The molecule has 2 aromatic rings. The Bertz CT molecular complexity index is 532. The third-order valence-corrected chi connectivity index (χ3v) is 2.90. The number of hydrogen-bond donors (Lipinski definition) is 1. The van der Waals surface area contributed by atoms with E-state index in [9.17, 15) is 5.11 Å². The first-order valence-corrected chi connectivity index (χ1v) is 6.80. The zero-order valence-corrected chi connectivity index (χ0v) is 12.2. The first kappa shape index (κ1) is 14.7. The Morgan fingerprint density at radius 3 is 2.50 bits per heavy atom. The molecule has 1 aromatic heterocycles. The number of likely N-dealkylation sites (N-methyl/N-ethyl adjacent to an activating group) is 1. The largest absolute Gasteiger partial charge is 0.419 e. The molecule has 0 aliphatic heterocycles. The van der Waals surface area contributed by atoms with E-state index in [1.165, 1.54) is 0 Å². The Balaban J connectivity index is 2.05. The second-order valence-corrected chi connectivity index (χ2v) is 5.48. The Kier molecular flexibility index (Phi) is 4.52. The monoisotopic (exact) mass is 275 g/mol. The summed E-state index contributed by atoms with van der Waals surface area (Å²) < 4.78 is 5.67. The molecule has 0 atom stereocenters. The average molecular weight is 275 g/mol. The molecular formula is C15H21N3O2. The van der Waals surface area contributed by atoms with Crippen LogP contribution in [0.25, 0.3) is 11.5 Å². The highest BCUT2D eigenvalue weighted by Crippen LogP contribution is 2.18. The summed E-state index contributed by atoms with van der Waals surface area (Å²) in [6, 6.07) is 9.69. The van der Waals surface area contributed by atoms with E-state index >= 15 is 0 Å². The van der Waals surface area contributed by atoms with Crippen molar-refractivity contribution in [2.45, 2.75) is 32.9 Å². The van der Waals surface area contributed by atoms with Crippen molar-refractivity contribution < 1.29 is 9.52 Å². The fourth-order valence-corrected chi connectivity index (χ4v) is 2.03. The minimum Gasteiger partial charge on any atom is -0.419 e. The van der Waals surface area contributed by atoms with Crippen LogP contribution < -0.4 is 0 Å². The lowest BCUT2D eigenvalue weighted by atomic mass is 10.1. The van der Waals surface area contributed by atoms with E-state index in [1.807, 2.05) is 37.3 Å². The van der Waals surface area contributed by atoms with Crippen LogP contribution in [0.5, 0.6) is 0 Å². The van der Waals surface area contributed by atoms with Crippen LogP contribution in [0.2, 0.25) is 0 Å². The molecule has 0 spiro atoms. The van der Waals surface area contributed by atoms with Crippen molar-refractivity contribution in [2.24, 2.45) is 0 Å². The van der Waals surface area contributed by atoms with Gasteiger partial charge in [-0.2, -0.15) is 0 Å². The second-order valence-electron chi connectivity index (χ2n) is 5.48. The van der Waals surface area contributed by atoms with Crippen molar-refractivity contribution in [2.75, 3.05) is 13.1 Å². The summed E-state index contributed by atoms with van der Waals surface area (Å²) >= 11 is 0. The highest BCUT2D eigenvalue weighted by molar-refractivity contribution is 5.51. The van der Waals surface area contributed by atoms with Crippen LogP contribution in [0.15, 0.2) is 34.7 Å². The molecule has 1 heterocycles. The van der Waals surface area contributed by atoms with E-state index < -0.39 is 5.60 Å². The summed E-state index contributed by atoms with van der Waals surface area (Å²) in [6.45, 7) is 7.54. The zero-order chi connectivity index (χ0) is 14.6. The van der Waals surface area contributed by atoms with Gasteiger partial charge in [-0.1, -0.05) is 25.1 Å². The lowest BCUT2D eigenvalue weighted by Crippen LogP contribution is -2.38. The van der Waals surface area contributed by atoms with Gasteiger partial charge in [0.1, 0.15) is 0 Å². The third kappa shape index (κ3) is 4.15. The van der Waals surface area contributed by atoms with Gasteiger partial charge in [-0.15, -0.1) is 10.2 Å². The molecule has 0 aliphatic rings. The maximum Gasteiger partial charge on any atom is 0.247 e. The standard InChI is InChI=1S/C15H21N3O2/c1-4-18(11-15(2,3)19)10-13-16-17-14(20-13)12-8-6-5-7-9-12/h5-9,19H,4,10-11H2,1-3H3. The number of aliphatic hydroxyl groups is 1. The van der Waals surface area contributed by atoms with Crippen molar-refractivity contribution in [1.29, 1.82) is 0 Å². The molecule has 0 bridgehead atoms. The van der Waals surface area contributed by atoms with Gasteiger partial charge in [0, 0.05) is 12.1 Å². The normalized spacial score (nSPS) is 12.1. The summed E-state index contributed by atoms with van der Waals surface area (Å²) in [5, 5.41) is 18.0. The number of aromatic nitrogens is 2. The first-order valence-electron chi connectivity index (χ1n) is 6.80. The summed E-state index contributed by atoms with van der Waals surface area (Å²) in [6.07, 6.45) is 0. The SMILES string of the molecule is CCN(Cc1nnc(-c2ccccc2)o1)CC(C)(C)O. The molecule has 2 rings (SSSR count). The number of benzene rings is 1.